The highest BCUT2D eigenvalue weighted by molar-refractivity contribution is 9.09. The Kier molecular flexibility index (Phi) is 6.15. The van der Waals surface area contributed by atoms with Crippen LogP contribution in [0.25, 0.3) is 0 Å². The van der Waals surface area contributed by atoms with Gasteiger partial charge in [0.05, 0.1) is 4.92 Å². The predicted molar refractivity (Wildman–Crippen MR) is 98.7 cm³/mol. The Morgan fingerprint density at radius 1 is 1.24 bits per heavy atom. The van der Waals surface area contributed by atoms with Crippen LogP contribution < -0.4 is 0 Å². The Labute approximate surface area is 153 Å². The molecule has 0 fully saturated rings. The van der Waals surface area contributed by atoms with E-state index in [1.54, 1.807) is 24.3 Å². The lowest BCUT2D eigenvalue weighted by Gasteiger charge is -2.30. The van der Waals surface area contributed by atoms with Gasteiger partial charge in [-0.1, -0.05) is 40.0 Å². The van der Waals surface area contributed by atoms with Crippen molar-refractivity contribution in [3.63, 3.8) is 0 Å². The summed E-state index contributed by atoms with van der Waals surface area (Å²) in [6.07, 6.45) is 0. The molecule has 8 heteroatoms. The number of nitro benzene ring substituents is 1. The van der Waals surface area contributed by atoms with E-state index in [4.69, 9.17) is 4.52 Å². The summed E-state index contributed by atoms with van der Waals surface area (Å²) in [5.41, 5.74) is 3.26. The van der Waals surface area contributed by atoms with E-state index in [1.807, 2.05) is 6.07 Å². The molecule has 0 amide bonds. The van der Waals surface area contributed by atoms with Crippen LogP contribution >= 0.6 is 23.3 Å². The largest absolute Gasteiger partial charge is 0.374 e. The van der Waals surface area contributed by atoms with E-state index in [2.05, 4.69) is 27.5 Å². The number of aliphatic hydroxyl groups is 1. The second kappa shape index (κ2) is 7.94. The molecule has 0 radical (unpaired) electrons. The maximum atomic E-state index is 13.2. The van der Waals surface area contributed by atoms with Crippen molar-refractivity contribution in [3.05, 3.63) is 75.8 Å². The lowest BCUT2D eigenvalue weighted by molar-refractivity contribution is -0.384. The van der Waals surface area contributed by atoms with Crippen molar-refractivity contribution in [1.82, 2.24) is 0 Å². The van der Waals surface area contributed by atoms with Crippen LogP contribution in [0.2, 0.25) is 0 Å². The molecule has 0 aliphatic heterocycles. The average molecular weight is 424 g/mol. The van der Waals surface area contributed by atoms with E-state index in [-0.39, 0.29) is 16.6 Å². The fraction of sp³-hybridized carbons (Fsp3) is 0.176. The van der Waals surface area contributed by atoms with E-state index in [0.717, 1.165) is 0 Å². The maximum Gasteiger partial charge on any atom is 0.309 e. The molecule has 0 saturated heterocycles. The summed E-state index contributed by atoms with van der Waals surface area (Å²) in [7, 11) is -2.66. The summed E-state index contributed by atoms with van der Waals surface area (Å²) in [6, 6.07) is 14.0. The maximum absolute atomic E-state index is 13.2. The van der Waals surface area contributed by atoms with Crippen molar-refractivity contribution in [2.24, 2.45) is 0 Å². The van der Waals surface area contributed by atoms with Crippen molar-refractivity contribution in [3.8, 4) is 11.6 Å². The van der Waals surface area contributed by atoms with Gasteiger partial charge in [0.25, 0.3) is 5.69 Å². The third-order valence-corrected chi connectivity index (χ3v) is 7.15. The quantitative estimate of drug-likeness (QED) is 0.257. The fourth-order valence-corrected chi connectivity index (χ4v) is 4.94. The highest BCUT2D eigenvalue weighted by Crippen LogP contribution is 2.62. The zero-order valence-corrected chi connectivity index (χ0v) is 15.7. The molecule has 0 aliphatic rings. The predicted octanol–water partition coefficient (Wildman–Crippen LogP) is 4.07. The Bertz CT molecular complexity index is 860. The van der Waals surface area contributed by atoms with Crippen LogP contribution in [0.4, 0.5) is 5.69 Å². The first-order valence-corrected chi connectivity index (χ1v) is 9.88. The molecule has 0 heterocycles. The zero-order valence-electron chi connectivity index (χ0n) is 13.3. The van der Waals surface area contributed by atoms with Crippen molar-refractivity contribution in [2.75, 3.05) is 12.4 Å². The number of alkyl halides is 1. The number of rotatable bonds is 5. The molecule has 0 bridgehead atoms. The molecule has 1 N–H and O–H groups in total. The van der Waals surface area contributed by atoms with Gasteiger partial charge in [-0.05, 0) is 35.5 Å². The third kappa shape index (κ3) is 4.00. The molecule has 6 nitrogen and oxygen atoms in total. The van der Waals surface area contributed by atoms with Crippen LogP contribution in [-0.4, -0.2) is 22.5 Å². The van der Waals surface area contributed by atoms with Gasteiger partial charge >= 0.3 is 7.37 Å². The molecular formula is C17H15BrNO5P. The molecule has 25 heavy (non-hydrogen) atoms. The lowest BCUT2D eigenvalue weighted by atomic mass is 10.1. The molecule has 130 valence electrons. The van der Waals surface area contributed by atoms with Gasteiger partial charge in [-0.3, -0.25) is 14.7 Å². The van der Waals surface area contributed by atoms with Gasteiger partial charge in [-0.25, -0.2) is 0 Å². The second-order valence-corrected chi connectivity index (χ2v) is 8.08. The number of nitrogens with zero attached hydrogens (tertiary/aromatic N) is 1. The summed E-state index contributed by atoms with van der Waals surface area (Å²) in [5.74, 6) is 2.75. The number of non-ortho nitro benzene ring substituents is 1. The molecule has 2 rings (SSSR count). The van der Waals surface area contributed by atoms with Crippen LogP contribution in [0.15, 0.2) is 54.6 Å². The van der Waals surface area contributed by atoms with E-state index in [0.29, 0.717) is 5.56 Å². The molecule has 2 unspecified atom stereocenters. The molecule has 0 saturated carbocycles. The first kappa shape index (κ1) is 19.4. The fourth-order valence-electron chi connectivity index (χ4n) is 2.12. The van der Waals surface area contributed by atoms with E-state index in [9.17, 15) is 19.8 Å². The van der Waals surface area contributed by atoms with Crippen molar-refractivity contribution in [2.45, 2.75) is 5.34 Å². The summed E-state index contributed by atoms with van der Waals surface area (Å²) in [5, 5.41) is 19.7. The number of nitro groups is 1. The number of benzene rings is 2. The third-order valence-electron chi connectivity index (χ3n) is 3.59. The van der Waals surface area contributed by atoms with Crippen LogP contribution in [0, 0.1) is 21.7 Å². The minimum absolute atomic E-state index is 0.119. The van der Waals surface area contributed by atoms with Gasteiger partial charge < -0.3 is 9.63 Å². The van der Waals surface area contributed by atoms with Crippen molar-refractivity contribution in [1.29, 1.82) is 0 Å². The number of hydrogen-bond acceptors (Lipinski definition) is 5. The van der Waals surface area contributed by atoms with Crippen molar-refractivity contribution < 1.29 is 19.1 Å². The highest BCUT2D eigenvalue weighted by atomic mass is 79.9. The van der Waals surface area contributed by atoms with Crippen LogP contribution in [0.3, 0.4) is 0 Å². The molecule has 2 aromatic rings. The Balaban J connectivity index is 2.48. The number of halogens is 1. The van der Waals surface area contributed by atoms with Gasteiger partial charge in [-0.15, -0.1) is 0 Å². The normalized spacial score (nSPS) is 15.3. The van der Waals surface area contributed by atoms with E-state index in [1.165, 1.54) is 31.4 Å². The smallest absolute Gasteiger partial charge is 0.309 e. The monoisotopic (exact) mass is 423 g/mol. The van der Waals surface area contributed by atoms with Gasteiger partial charge in [-0.2, -0.15) is 0 Å². The minimum Gasteiger partial charge on any atom is -0.374 e. The molecule has 0 spiro atoms. The topological polar surface area (TPSA) is 89.7 Å². The average Bonchev–Trinajstić information content (AvgIpc) is 2.66. The first-order valence-electron chi connectivity index (χ1n) is 7.14. The Morgan fingerprint density at radius 2 is 1.84 bits per heavy atom. The van der Waals surface area contributed by atoms with Crippen molar-refractivity contribution >= 4 is 29.0 Å². The lowest BCUT2D eigenvalue weighted by Crippen LogP contribution is -2.28. The van der Waals surface area contributed by atoms with Gasteiger partial charge in [0, 0.05) is 30.1 Å². The molecule has 0 aromatic heterocycles. The van der Waals surface area contributed by atoms with E-state index >= 15 is 0 Å². The van der Waals surface area contributed by atoms with Gasteiger partial charge in [0.1, 0.15) is 0 Å². The zero-order chi connectivity index (χ0) is 18.5. The molecule has 0 aliphatic carbocycles. The summed E-state index contributed by atoms with van der Waals surface area (Å²) in [4.78, 5) is 10.2. The second-order valence-electron chi connectivity index (χ2n) is 5.09. The highest BCUT2D eigenvalue weighted by Gasteiger charge is 2.47. The SMILES string of the molecule is COP(=O)(C#Cc1ccccc1)C(O)(CBr)c1ccc([N+](=O)[O-])cc1. The van der Waals surface area contributed by atoms with Crippen LogP contribution in [-0.2, 0) is 14.4 Å². The first-order chi connectivity index (χ1) is 11.9. The van der Waals surface area contributed by atoms with E-state index < -0.39 is 17.6 Å². The number of hydrogen-bond donors (Lipinski definition) is 1. The minimum atomic E-state index is -3.87. The summed E-state index contributed by atoms with van der Waals surface area (Å²) >= 11 is 3.16. The molecule has 2 aromatic carbocycles. The van der Waals surface area contributed by atoms with Gasteiger partial charge in [0.2, 0.25) is 0 Å². The Morgan fingerprint density at radius 3 is 2.32 bits per heavy atom. The molecular weight excluding hydrogens is 409 g/mol. The molecule has 2 atom stereocenters. The Hall–Kier alpha value is -1.97. The summed E-state index contributed by atoms with van der Waals surface area (Å²) < 4.78 is 18.3. The summed E-state index contributed by atoms with van der Waals surface area (Å²) in [6.45, 7) is 0. The van der Waals surface area contributed by atoms with Crippen LogP contribution in [0.1, 0.15) is 11.1 Å². The standard InChI is InChI=1S/C17H15BrNO5P/c1-24-25(23,12-11-14-5-3-2-4-6-14)17(20,13-18)15-7-9-16(10-8-15)19(21)22/h2-10,20H,13H2,1H3. The van der Waals surface area contributed by atoms with Gasteiger partial charge in [0.15, 0.2) is 5.34 Å². The van der Waals surface area contributed by atoms with Crippen LogP contribution in [0.5, 0.6) is 0 Å².